The van der Waals surface area contributed by atoms with Crippen LogP contribution in [0.2, 0.25) is 5.28 Å². The fourth-order valence-electron chi connectivity index (χ4n) is 0.811. The number of hydrogen-bond acceptors (Lipinski definition) is 3. The van der Waals surface area contributed by atoms with E-state index >= 15 is 0 Å². The van der Waals surface area contributed by atoms with Crippen molar-refractivity contribution < 1.29 is 9.13 Å². The third kappa shape index (κ3) is 1.64. The Kier molecular flexibility index (Phi) is 2.81. The molecule has 0 aliphatic rings. The number of hydrogen-bond donors (Lipinski definition) is 0. The maximum Gasteiger partial charge on any atom is 0.254 e. The standard InChI is InChI=1S/C7H8ClFN2O/c1-3-4-5(9)6(12-2)11-7(8)10-4/h3H2,1-2H3. The van der Waals surface area contributed by atoms with Gasteiger partial charge in [0.25, 0.3) is 5.88 Å². The Morgan fingerprint density at radius 2 is 2.17 bits per heavy atom. The minimum absolute atomic E-state index is 0.00472. The molecule has 0 N–H and O–H groups in total. The van der Waals surface area contributed by atoms with Gasteiger partial charge in [0.15, 0.2) is 0 Å². The number of aromatic nitrogens is 2. The molecule has 0 spiro atoms. The number of aryl methyl sites for hydroxylation is 1. The van der Waals surface area contributed by atoms with Crippen LogP contribution < -0.4 is 4.74 Å². The minimum atomic E-state index is -0.538. The molecule has 1 heterocycles. The van der Waals surface area contributed by atoms with Crippen LogP contribution in [0.1, 0.15) is 12.6 Å². The van der Waals surface area contributed by atoms with Crippen LogP contribution >= 0.6 is 11.6 Å². The van der Waals surface area contributed by atoms with Gasteiger partial charge in [-0.25, -0.2) is 4.98 Å². The molecule has 0 fully saturated rings. The quantitative estimate of drug-likeness (QED) is 0.668. The highest BCUT2D eigenvalue weighted by atomic mass is 35.5. The van der Waals surface area contributed by atoms with Crippen molar-refractivity contribution >= 4 is 11.6 Å². The molecule has 0 atom stereocenters. The number of methoxy groups -OCH3 is 1. The van der Waals surface area contributed by atoms with Crippen molar-refractivity contribution in [3.8, 4) is 5.88 Å². The predicted octanol–water partition coefficient (Wildman–Crippen LogP) is 1.84. The van der Waals surface area contributed by atoms with Crippen LogP contribution in [0.4, 0.5) is 4.39 Å². The molecule has 0 saturated carbocycles. The summed E-state index contributed by atoms with van der Waals surface area (Å²) in [6.45, 7) is 1.78. The lowest BCUT2D eigenvalue weighted by Crippen LogP contribution is -2.00. The van der Waals surface area contributed by atoms with Gasteiger partial charge < -0.3 is 4.74 Å². The first kappa shape index (κ1) is 9.19. The normalized spacial score (nSPS) is 10.0. The van der Waals surface area contributed by atoms with Gasteiger partial charge >= 0.3 is 0 Å². The van der Waals surface area contributed by atoms with Crippen molar-refractivity contribution in [1.29, 1.82) is 0 Å². The van der Waals surface area contributed by atoms with Crippen LogP contribution in [-0.2, 0) is 6.42 Å². The monoisotopic (exact) mass is 190 g/mol. The van der Waals surface area contributed by atoms with Gasteiger partial charge in [0.05, 0.1) is 12.8 Å². The van der Waals surface area contributed by atoms with E-state index in [0.29, 0.717) is 6.42 Å². The van der Waals surface area contributed by atoms with Crippen LogP contribution in [-0.4, -0.2) is 17.1 Å². The summed E-state index contributed by atoms with van der Waals surface area (Å²) < 4.78 is 17.8. The third-order valence-electron chi connectivity index (χ3n) is 1.39. The molecule has 1 aromatic rings. The smallest absolute Gasteiger partial charge is 0.254 e. The Morgan fingerprint density at radius 3 is 2.67 bits per heavy atom. The zero-order valence-electron chi connectivity index (χ0n) is 6.77. The van der Waals surface area contributed by atoms with Gasteiger partial charge in [0.2, 0.25) is 11.1 Å². The Labute approximate surface area is 74.5 Å². The van der Waals surface area contributed by atoms with Gasteiger partial charge in [-0.1, -0.05) is 6.92 Å². The van der Waals surface area contributed by atoms with Crippen molar-refractivity contribution in [3.05, 3.63) is 16.8 Å². The van der Waals surface area contributed by atoms with Gasteiger partial charge in [0, 0.05) is 0 Å². The average Bonchev–Trinajstić information content (AvgIpc) is 2.08. The van der Waals surface area contributed by atoms with E-state index in [9.17, 15) is 4.39 Å². The van der Waals surface area contributed by atoms with Crippen LogP contribution in [0.3, 0.4) is 0 Å². The summed E-state index contributed by atoms with van der Waals surface area (Å²) in [7, 11) is 1.33. The van der Waals surface area contributed by atoms with Crippen molar-refractivity contribution in [2.45, 2.75) is 13.3 Å². The van der Waals surface area contributed by atoms with Gasteiger partial charge in [-0.3, -0.25) is 0 Å². The first-order valence-corrected chi connectivity index (χ1v) is 3.82. The summed E-state index contributed by atoms with van der Waals surface area (Å²) in [5.74, 6) is -0.642. The maximum atomic E-state index is 13.1. The Bertz CT molecular complexity index is 268. The Balaban J connectivity index is 3.22. The van der Waals surface area contributed by atoms with Crippen molar-refractivity contribution in [2.24, 2.45) is 0 Å². The van der Waals surface area contributed by atoms with Crippen LogP contribution in [0.5, 0.6) is 5.88 Å². The SMILES string of the molecule is CCc1nc(Cl)nc(OC)c1F. The summed E-state index contributed by atoms with van der Waals surface area (Å²) in [6.07, 6.45) is 0.463. The molecule has 1 aromatic heterocycles. The number of nitrogens with zero attached hydrogens (tertiary/aromatic N) is 2. The Morgan fingerprint density at radius 1 is 1.50 bits per heavy atom. The Hall–Kier alpha value is -0.900. The lowest BCUT2D eigenvalue weighted by molar-refractivity contribution is 0.364. The summed E-state index contributed by atoms with van der Waals surface area (Å²) in [6, 6.07) is 0. The summed E-state index contributed by atoms with van der Waals surface area (Å²) >= 11 is 5.51. The molecule has 0 unspecified atom stereocenters. The lowest BCUT2D eigenvalue weighted by Gasteiger charge is -2.03. The zero-order valence-corrected chi connectivity index (χ0v) is 7.52. The van der Waals surface area contributed by atoms with E-state index in [1.807, 2.05) is 0 Å². The van der Waals surface area contributed by atoms with E-state index in [-0.39, 0.29) is 16.9 Å². The topological polar surface area (TPSA) is 35.0 Å². The predicted molar refractivity (Wildman–Crippen MR) is 42.9 cm³/mol. The van der Waals surface area contributed by atoms with E-state index in [0.717, 1.165) is 0 Å². The van der Waals surface area contributed by atoms with Crippen LogP contribution in [0.15, 0.2) is 0 Å². The van der Waals surface area contributed by atoms with Gasteiger partial charge in [-0.05, 0) is 18.0 Å². The second kappa shape index (κ2) is 3.67. The van der Waals surface area contributed by atoms with Gasteiger partial charge in [0.1, 0.15) is 0 Å². The second-order valence-electron chi connectivity index (χ2n) is 2.12. The average molecular weight is 191 g/mol. The summed E-state index contributed by atoms with van der Waals surface area (Å²) in [5.41, 5.74) is 0.270. The van der Waals surface area contributed by atoms with E-state index in [4.69, 9.17) is 11.6 Å². The molecule has 1 rings (SSSR count). The molecule has 12 heavy (non-hydrogen) atoms. The number of ether oxygens (including phenoxy) is 1. The van der Waals surface area contributed by atoms with E-state index in [2.05, 4.69) is 14.7 Å². The molecule has 3 nitrogen and oxygen atoms in total. The first-order chi connectivity index (χ1) is 5.69. The molecule has 5 heteroatoms. The second-order valence-corrected chi connectivity index (χ2v) is 2.45. The lowest BCUT2D eigenvalue weighted by atomic mass is 10.3. The van der Waals surface area contributed by atoms with Crippen LogP contribution in [0.25, 0.3) is 0 Å². The number of rotatable bonds is 2. The van der Waals surface area contributed by atoms with E-state index in [1.54, 1.807) is 6.92 Å². The highest BCUT2D eigenvalue weighted by molar-refractivity contribution is 6.28. The molecule has 0 saturated heterocycles. The van der Waals surface area contributed by atoms with Crippen molar-refractivity contribution in [1.82, 2.24) is 9.97 Å². The molecular formula is C7H8ClFN2O. The molecule has 0 aromatic carbocycles. The molecular weight excluding hydrogens is 183 g/mol. The minimum Gasteiger partial charge on any atom is -0.479 e. The molecule has 0 bridgehead atoms. The fourth-order valence-corrected chi connectivity index (χ4v) is 0.990. The molecule has 66 valence electrons. The van der Waals surface area contributed by atoms with E-state index < -0.39 is 5.82 Å². The molecule has 0 aliphatic heterocycles. The van der Waals surface area contributed by atoms with E-state index in [1.165, 1.54) is 7.11 Å². The summed E-state index contributed by atoms with van der Waals surface area (Å²) in [4.78, 5) is 7.26. The first-order valence-electron chi connectivity index (χ1n) is 3.45. The highest BCUT2D eigenvalue weighted by Crippen LogP contribution is 2.18. The van der Waals surface area contributed by atoms with Crippen molar-refractivity contribution in [3.63, 3.8) is 0 Å². The molecule has 0 amide bonds. The third-order valence-corrected chi connectivity index (χ3v) is 1.56. The van der Waals surface area contributed by atoms with Crippen molar-refractivity contribution in [2.75, 3.05) is 7.11 Å². The largest absolute Gasteiger partial charge is 0.479 e. The zero-order chi connectivity index (χ0) is 9.14. The van der Waals surface area contributed by atoms with Crippen LogP contribution in [0, 0.1) is 5.82 Å². The van der Waals surface area contributed by atoms with Gasteiger partial charge in [-0.2, -0.15) is 9.37 Å². The maximum absolute atomic E-state index is 13.1. The van der Waals surface area contributed by atoms with Gasteiger partial charge in [-0.15, -0.1) is 0 Å². The number of halogens is 2. The fraction of sp³-hybridized carbons (Fsp3) is 0.429. The molecule has 0 radical (unpaired) electrons. The summed E-state index contributed by atoms with van der Waals surface area (Å²) in [5, 5.41) is 0.00472. The highest BCUT2D eigenvalue weighted by Gasteiger charge is 2.11. The molecule has 0 aliphatic carbocycles.